The summed E-state index contributed by atoms with van der Waals surface area (Å²) in [5.41, 5.74) is 0.735. The summed E-state index contributed by atoms with van der Waals surface area (Å²) in [6.07, 6.45) is -5.87. The first-order valence-corrected chi connectivity index (χ1v) is 8.36. The lowest BCUT2D eigenvalue weighted by atomic mass is 10.1. The molecular formula is C12H15BrF3NO2S. The number of rotatable bonds is 6. The fourth-order valence-electron chi connectivity index (χ4n) is 1.63. The first-order valence-electron chi connectivity index (χ1n) is 5.91. The second kappa shape index (κ2) is 6.91. The Hall–Kier alpha value is -0.600. The van der Waals surface area contributed by atoms with Gasteiger partial charge in [-0.1, -0.05) is 28.1 Å². The summed E-state index contributed by atoms with van der Waals surface area (Å²) in [6.45, 7) is 1.64. The number of sulfonamides is 1. The van der Waals surface area contributed by atoms with E-state index in [1.165, 1.54) is 0 Å². The van der Waals surface area contributed by atoms with Gasteiger partial charge >= 0.3 is 6.18 Å². The number of benzene rings is 1. The number of hydrogen-bond donors (Lipinski definition) is 1. The Morgan fingerprint density at radius 2 is 2.00 bits per heavy atom. The third-order valence-corrected chi connectivity index (χ3v) is 4.61. The summed E-state index contributed by atoms with van der Waals surface area (Å²) < 4.78 is 62.5. The molecule has 0 heterocycles. The molecule has 0 aromatic heterocycles. The third kappa shape index (κ3) is 6.71. The van der Waals surface area contributed by atoms with E-state index in [2.05, 4.69) is 20.7 Å². The van der Waals surface area contributed by atoms with Crippen LogP contribution in [0.5, 0.6) is 0 Å². The van der Waals surface area contributed by atoms with E-state index >= 15 is 0 Å². The Bertz CT molecular complexity index is 546. The normalized spacial score (nSPS) is 14.2. The van der Waals surface area contributed by atoms with Gasteiger partial charge < -0.3 is 0 Å². The molecule has 1 unspecified atom stereocenters. The van der Waals surface area contributed by atoms with Crippen LogP contribution in [0.25, 0.3) is 0 Å². The van der Waals surface area contributed by atoms with Crippen LogP contribution < -0.4 is 4.72 Å². The monoisotopic (exact) mass is 373 g/mol. The molecule has 1 aromatic carbocycles. The van der Waals surface area contributed by atoms with Crippen LogP contribution in [0, 0.1) is 0 Å². The molecular weight excluding hydrogens is 359 g/mol. The fraction of sp³-hybridized carbons (Fsp3) is 0.500. The van der Waals surface area contributed by atoms with Crippen molar-refractivity contribution in [3.05, 3.63) is 34.3 Å². The van der Waals surface area contributed by atoms with Crippen molar-refractivity contribution in [2.24, 2.45) is 0 Å². The van der Waals surface area contributed by atoms with E-state index in [1.807, 2.05) is 0 Å². The molecule has 114 valence electrons. The standard InChI is InChI=1S/C12H15BrF3NO2S/c1-9(10-4-2-5-11(13)8-10)17-20(18,19)7-3-6-12(14,15)16/h2,4-5,8-9,17H,3,6-7H2,1H3. The molecule has 0 spiro atoms. The first-order chi connectivity index (χ1) is 9.09. The molecule has 1 N–H and O–H groups in total. The van der Waals surface area contributed by atoms with Gasteiger partial charge in [0.05, 0.1) is 5.75 Å². The number of halogens is 4. The Labute approximate surface area is 124 Å². The second-order valence-corrected chi connectivity index (χ2v) is 7.22. The van der Waals surface area contributed by atoms with Crippen molar-refractivity contribution in [2.45, 2.75) is 32.0 Å². The lowest BCUT2D eigenvalue weighted by Crippen LogP contribution is -2.29. The fourth-order valence-corrected chi connectivity index (χ4v) is 3.37. The maximum absolute atomic E-state index is 12.0. The van der Waals surface area contributed by atoms with E-state index in [-0.39, 0.29) is 0 Å². The van der Waals surface area contributed by atoms with Gasteiger partial charge in [-0.2, -0.15) is 13.2 Å². The molecule has 1 atom stereocenters. The predicted octanol–water partition coefficient (Wildman–Crippen LogP) is 3.77. The van der Waals surface area contributed by atoms with Crippen molar-refractivity contribution >= 4 is 26.0 Å². The highest BCUT2D eigenvalue weighted by Gasteiger charge is 2.27. The topological polar surface area (TPSA) is 46.2 Å². The van der Waals surface area contributed by atoms with Gasteiger partial charge in [-0.05, 0) is 31.0 Å². The van der Waals surface area contributed by atoms with Crippen molar-refractivity contribution in [1.82, 2.24) is 4.72 Å². The van der Waals surface area contributed by atoms with Gasteiger partial charge in [-0.15, -0.1) is 0 Å². The van der Waals surface area contributed by atoms with Crippen LogP contribution in [0.2, 0.25) is 0 Å². The van der Waals surface area contributed by atoms with Crippen LogP contribution in [0.3, 0.4) is 0 Å². The zero-order valence-corrected chi connectivity index (χ0v) is 13.1. The van der Waals surface area contributed by atoms with Crippen LogP contribution >= 0.6 is 15.9 Å². The Morgan fingerprint density at radius 1 is 1.35 bits per heavy atom. The molecule has 0 aliphatic heterocycles. The number of alkyl halides is 3. The van der Waals surface area contributed by atoms with Crippen LogP contribution in [0.4, 0.5) is 13.2 Å². The Morgan fingerprint density at radius 3 is 2.55 bits per heavy atom. The molecule has 0 bridgehead atoms. The van der Waals surface area contributed by atoms with E-state index in [0.29, 0.717) is 0 Å². The minimum atomic E-state index is -4.33. The average Bonchev–Trinajstić information content (AvgIpc) is 2.26. The van der Waals surface area contributed by atoms with Gasteiger partial charge in [0.1, 0.15) is 0 Å². The van der Waals surface area contributed by atoms with Gasteiger partial charge in [0, 0.05) is 16.9 Å². The minimum absolute atomic E-state index is 0.440. The molecule has 0 saturated carbocycles. The van der Waals surface area contributed by atoms with E-state index in [0.717, 1.165) is 10.0 Å². The smallest absolute Gasteiger partial charge is 0.212 e. The molecule has 0 fully saturated rings. The lowest BCUT2D eigenvalue weighted by molar-refractivity contribution is -0.134. The molecule has 0 saturated heterocycles. The molecule has 1 rings (SSSR count). The third-order valence-electron chi connectivity index (χ3n) is 2.58. The van der Waals surface area contributed by atoms with Crippen molar-refractivity contribution in [2.75, 3.05) is 5.75 Å². The van der Waals surface area contributed by atoms with E-state index in [4.69, 9.17) is 0 Å². The van der Waals surface area contributed by atoms with Crippen molar-refractivity contribution in [3.63, 3.8) is 0 Å². The van der Waals surface area contributed by atoms with Gasteiger partial charge in [0.25, 0.3) is 0 Å². The summed E-state index contributed by atoms with van der Waals surface area (Å²) in [5, 5.41) is 0. The summed E-state index contributed by atoms with van der Waals surface area (Å²) in [6, 6.07) is 6.56. The second-order valence-electron chi connectivity index (χ2n) is 4.43. The molecule has 8 heteroatoms. The zero-order chi connectivity index (χ0) is 15.4. The average molecular weight is 374 g/mol. The van der Waals surface area contributed by atoms with Gasteiger partial charge in [-0.3, -0.25) is 0 Å². The molecule has 0 radical (unpaired) electrons. The van der Waals surface area contributed by atoms with Crippen LogP contribution in [0.1, 0.15) is 31.4 Å². The SMILES string of the molecule is CC(NS(=O)(=O)CCCC(F)(F)F)c1cccc(Br)c1. The zero-order valence-electron chi connectivity index (χ0n) is 10.7. The van der Waals surface area contributed by atoms with Crippen LogP contribution in [-0.4, -0.2) is 20.3 Å². The van der Waals surface area contributed by atoms with Gasteiger partial charge in [-0.25, -0.2) is 13.1 Å². The number of hydrogen-bond acceptors (Lipinski definition) is 2. The largest absolute Gasteiger partial charge is 0.389 e. The summed E-state index contributed by atoms with van der Waals surface area (Å²) in [7, 11) is -3.73. The molecule has 3 nitrogen and oxygen atoms in total. The highest BCUT2D eigenvalue weighted by atomic mass is 79.9. The van der Waals surface area contributed by atoms with Crippen LogP contribution in [-0.2, 0) is 10.0 Å². The molecule has 20 heavy (non-hydrogen) atoms. The van der Waals surface area contributed by atoms with Crippen molar-refractivity contribution in [3.8, 4) is 0 Å². The summed E-state index contributed by atoms with van der Waals surface area (Å²) in [4.78, 5) is 0. The molecule has 0 aliphatic carbocycles. The Balaban J connectivity index is 2.58. The molecule has 0 amide bonds. The quantitative estimate of drug-likeness (QED) is 0.824. The highest BCUT2D eigenvalue weighted by Crippen LogP contribution is 2.22. The number of nitrogens with one attached hydrogen (secondary N) is 1. The first kappa shape index (κ1) is 17.5. The van der Waals surface area contributed by atoms with Crippen molar-refractivity contribution in [1.29, 1.82) is 0 Å². The highest BCUT2D eigenvalue weighted by molar-refractivity contribution is 9.10. The lowest BCUT2D eigenvalue weighted by Gasteiger charge is -2.15. The summed E-state index contributed by atoms with van der Waals surface area (Å²) >= 11 is 3.27. The molecule has 0 aliphatic rings. The van der Waals surface area contributed by atoms with E-state index in [1.54, 1.807) is 31.2 Å². The maximum atomic E-state index is 12.0. The van der Waals surface area contributed by atoms with E-state index < -0.39 is 40.8 Å². The maximum Gasteiger partial charge on any atom is 0.389 e. The van der Waals surface area contributed by atoms with Gasteiger partial charge in [0.15, 0.2) is 0 Å². The van der Waals surface area contributed by atoms with Crippen molar-refractivity contribution < 1.29 is 21.6 Å². The predicted molar refractivity (Wildman–Crippen MR) is 74.8 cm³/mol. The van der Waals surface area contributed by atoms with Crippen LogP contribution in [0.15, 0.2) is 28.7 Å². The summed E-state index contributed by atoms with van der Waals surface area (Å²) in [5.74, 6) is -0.537. The Kier molecular flexibility index (Phi) is 6.03. The van der Waals surface area contributed by atoms with E-state index in [9.17, 15) is 21.6 Å². The molecule has 1 aromatic rings. The minimum Gasteiger partial charge on any atom is -0.212 e. The van der Waals surface area contributed by atoms with Gasteiger partial charge in [0.2, 0.25) is 10.0 Å².